The number of carboxylic acids is 1. The van der Waals surface area contributed by atoms with E-state index in [2.05, 4.69) is 46.6 Å². The van der Waals surface area contributed by atoms with Gasteiger partial charge in [0.15, 0.2) is 0 Å². The fraction of sp³-hybridized carbons (Fsp3) is 0.243. The second kappa shape index (κ2) is 20.5. The molecule has 4 aromatic carbocycles. The molecule has 0 radical (unpaired) electrons. The standard InChI is InChI=1S/C18H18BrN3O4S.C18H21N3O5S.CH3Br/c1-21(2)15-7-3-6-13-12(15)5-4-8-16(13)27(25,26)20-9-10-22-17(23)11-14(19)18(22)24;1-21(2)15-7-3-6-14-13(15)5-4-8-16(14)27(25,26)20-12-11-19-17(22)9-10-18(23)24;1-2/h3-8,11,20H,9-10H2,1-2H3;3-10,20H,11-12H2,1-2H3,(H,19,22)(H,23,24);1H3/b;10-9-;. The summed E-state index contributed by atoms with van der Waals surface area (Å²) in [5.74, 6) is -0.976. The minimum absolute atomic E-state index is 0.0235. The zero-order chi connectivity index (χ0) is 41.8. The Morgan fingerprint density at radius 2 is 1.14 bits per heavy atom. The van der Waals surface area contributed by atoms with E-state index in [4.69, 9.17) is 5.11 Å². The number of anilines is 2. The molecule has 1 aliphatic heterocycles. The molecule has 0 unspecified atom stereocenters. The fourth-order valence-corrected chi connectivity index (χ4v) is 8.39. The molecule has 19 heteroatoms. The molecule has 5 rings (SSSR count). The van der Waals surface area contributed by atoms with Crippen LogP contribution in [-0.4, -0.2) is 111 Å². The summed E-state index contributed by atoms with van der Waals surface area (Å²) in [6.45, 7) is -0.123. The Balaban J connectivity index is 0.000000288. The largest absolute Gasteiger partial charge is 0.478 e. The first-order chi connectivity index (χ1) is 26.4. The third-order valence-electron chi connectivity index (χ3n) is 7.95. The Kier molecular flexibility index (Phi) is 16.7. The van der Waals surface area contributed by atoms with Crippen molar-refractivity contribution < 1.29 is 41.1 Å². The SMILES string of the molecule is CBr.CN(C)c1cccc2c(S(=O)(=O)NCCN3C(=O)C=C(Br)C3=O)cccc12.CN(C)c1cccc2c(S(=O)(=O)NCCNC(=O)/C=C\C(=O)O)cccc12. The normalized spacial score (nSPS) is 12.8. The lowest BCUT2D eigenvalue weighted by molar-refractivity contribution is -0.137. The number of fused-ring (bicyclic) bond motifs is 2. The van der Waals surface area contributed by atoms with Crippen LogP contribution >= 0.6 is 31.9 Å². The third kappa shape index (κ3) is 11.7. The number of amides is 3. The second-order valence-electron chi connectivity index (χ2n) is 12.1. The van der Waals surface area contributed by atoms with Crippen molar-refractivity contribution in [1.82, 2.24) is 19.7 Å². The van der Waals surface area contributed by atoms with Crippen molar-refractivity contribution in [2.45, 2.75) is 9.79 Å². The number of carboxylic acid groups (broad SMARTS) is 1. The van der Waals surface area contributed by atoms with E-state index in [1.165, 1.54) is 18.2 Å². The molecule has 4 N–H and O–H groups in total. The quantitative estimate of drug-likeness (QED) is 0.0621. The molecule has 0 aromatic heterocycles. The van der Waals surface area contributed by atoms with Gasteiger partial charge >= 0.3 is 5.97 Å². The maximum absolute atomic E-state index is 12.8. The van der Waals surface area contributed by atoms with Crippen molar-refractivity contribution in [2.24, 2.45) is 0 Å². The molecule has 0 saturated carbocycles. The molecule has 56 heavy (non-hydrogen) atoms. The number of hydrogen-bond donors (Lipinski definition) is 4. The molecule has 3 amide bonds. The number of halogens is 2. The maximum atomic E-state index is 12.8. The van der Waals surface area contributed by atoms with E-state index in [9.17, 15) is 36.0 Å². The van der Waals surface area contributed by atoms with Crippen molar-refractivity contribution in [1.29, 1.82) is 0 Å². The van der Waals surface area contributed by atoms with E-state index in [1.54, 1.807) is 36.4 Å². The van der Waals surface area contributed by atoms with Crippen molar-refractivity contribution in [3.63, 3.8) is 0 Å². The van der Waals surface area contributed by atoms with Crippen LogP contribution in [0.1, 0.15) is 0 Å². The number of carbonyl (C=O) groups is 4. The number of aliphatic carboxylic acids is 1. The van der Waals surface area contributed by atoms with Crippen LogP contribution in [0.3, 0.4) is 0 Å². The second-order valence-corrected chi connectivity index (χ2v) is 16.4. The summed E-state index contributed by atoms with van der Waals surface area (Å²) in [5.41, 5.74) is 1.82. The van der Waals surface area contributed by atoms with Crippen molar-refractivity contribution >= 4 is 109 Å². The van der Waals surface area contributed by atoms with Crippen LogP contribution in [-0.2, 0) is 39.2 Å². The lowest BCUT2D eigenvalue weighted by atomic mass is 10.1. The van der Waals surface area contributed by atoms with Crippen LogP contribution in [0.25, 0.3) is 21.5 Å². The molecule has 15 nitrogen and oxygen atoms in total. The van der Waals surface area contributed by atoms with Gasteiger partial charge in [0.25, 0.3) is 11.8 Å². The summed E-state index contributed by atoms with van der Waals surface area (Å²) in [6.07, 6.45) is 2.74. The molecule has 0 aliphatic carbocycles. The average molecular weight is 939 g/mol. The van der Waals surface area contributed by atoms with Gasteiger partial charge in [0, 0.05) is 106 Å². The smallest absolute Gasteiger partial charge is 0.328 e. The number of benzene rings is 4. The van der Waals surface area contributed by atoms with E-state index in [1.807, 2.05) is 68.1 Å². The van der Waals surface area contributed by atoms with Crippen LogP contribution < -0.4 is 24.6 Å². The van der Waals surface area contributed by atoms with E-state index in [-0.39, 0.29) is 40.5 Å². The number of sulfonamides is 2. The van der Waals surface area contributed by atoms with Crippen LogP contribution in [0, 0.1) is 0 Å². The van der Waals surface area contributed by atoms with Crippen LogP contribution in [0.2, 0.25) is 0 Å². The monoisotopic (exact) mass is 936 g/mol. The molecule has 0 fully saturated rings. The van der Waals surface area contributed by atoms with Crippen LogP contribution in [0.5, 0.6) is 0 Å². The highest BCUT2D eigenvalue weighted by Gasteiger charge is 2.29. The van der Waals surface area contributed by atoms with Gasteiger partial charge in [-0.3, -0.25) is 19.3 Å². The zero-order valence-electron chi connectivity index (χ0n) is 31.1. The highest BCUT2D eigenvalue weighted by Crippen LogP contribution is 2.31. The molecule has 4 aromatic rings. The van der Waals surface area contributed by atoms with Crippen molar-refractivity contribution in [3.8, 4) is 0 Å². The predicted molar refractivity (Wildman–Crippen MR) is 225 cm³/mol. The van der Waals surface area contributed by atoms with Gasteiger partial charge < -0.3 is 20.2 Å². The Morgan fingerprint density at radius 1 is 0.696 bits per heavy atom. The maximum Gasteiger partial charge on any atom is 0.328 e. The topological polar surface area (TPSA) is 203 Å². The number of imide groups is 1. The van der Waals surface area contributed by atoms with E-state index < -0.39 is 43.7 Å². The van der Waals surface area contributed by atoms with Crippen LogP contribution in [0.4, 0.5) is 11.4 Å². The lowest BCUT2D eigenvalue weighted by Gasteiger charge is -2.18. The van der Waals surface area contributed by atoms with Gasteiger partial charge in [-0.2, -0.15) is 0 Å². The highest BCUT2D eigenvalue weighted by atomic mass is 79.9. The molecule has 0 bridgehead atoms. The molecule has 0 spiro atoms. The Bertz CT molecular complexity index is 2390. The van der Waals surface area contributed by atoms with E-state index in [0.717, 1.165) is 33.1 Å². The fourth-order valence-electron chi connectivity index (χ4n) is 5.49. The number of hydrogen-bond acceptors (Lipinski definition) is 10. The van der Waals surface area contributed by atoms with Gasteiger partial charge in [-0.1, -0.05) is 64.5 Å². The Hall–Kier alpha value is -4.66. The van der Waals surface area contributed by atoms with Crippen LogP contribution in [0.15, 0.2) is 105 Å². The average Bonchev–Trinajstić information content (AvgIpc) is 3.41. The summed E-state index contributed by atoms with van der Waals surface area (Å²) in [4.78, 5) is 50.4. The number of carbonyl (C=O) groups excluding carboxylic acids is 3. The first-order valence-electron chi connectivity index (χ1n) is 16.6. The number of nitrogens with one attached hydrogen (secondary N) is 3. The van der Waals surface area contributed by atoms with Gasteiger partial charge in [0.2, 0.25) is 26.0 Å². The van der Waals surface area contributed by atoms with Gasteiger partial charge in [-0.05, 0) is 46.0 Å². The lowest BCUT2D eigenvalue weighted by Crippen LogP contribution is -2.38. The minimum atomic E-state index is -3.82. The summed E-state index contributed by atoms with van der Waals surface area (Å²) < 4.78 is 56.0. The summed E-state index contributed by atoms with van der Waals surface area (Å²) >= 11 is 5.94. The number of nitrogens with zero attached hydrogens (tertiary/aromatic N) is 3. The molecular formula is C37H42Br2N6O9S2. The molecule has 1 aliphatic rings. The minimum Gasteiger partial charge on any atom is -0.478 e. The van der Waals surface area contributed by atoms with E-state index >= 15 is 0 Å². The van der Waals surface area contributed by atoms with Crippen molar-refractivity contribution in [2.75, 3.05) is 70.0 Å². The number of alkyl halides is 1. The van der Waals surface area contributed by atoms with Gasteiger partial charge in [-0.15, -0.1) is 0 Å². The molecule has 1 heterocycles. The van der Waals surface area contributed by atoms with Crippen molar-refractivity contribution in [3.05, 3.63) is 95.5 Å². The Morgan fingerprint density at radius 3 is 1.57 bits per heavy atom. The first-order valence-corrected chi connectivity index (χ1v) is 22.0. The van der Waals surface area contributed by atoms with Gasteiger partial charge in [0.05, 0.1) is 14.3 Å². The zero-order valence-corrected chi connectivity index (χ0v) is 35.9. The highest BCUT2D eigenvalue weighted by molar-refractivity contribution is 9.12. The number of rotatable bonds is 14. The molecule has 0 atom stereocenters. The van der Waals surface area contributed by atoms with E-state index in [0.29, 0.717) is 16.8 Å². The summed E-state index contributed by atoms with van der Waals surface area (Å²) in [5, 5.41) is 13.7. The summed E-state index contributed by atoms with van der Waals surface area (Å²) in [6, 6.07) is 21.1. The predicted octanol–water partition coefficient (Wildman–Crippen LogP) is 3.78. The first kappa shape index (κ1) is 45.7. The van der Waals surface area contributed by atoms with Gasteiger partial charge in [-0.25, -0.2) is 31.1 Å². The third-order valence-corrected chi connectivity index (χ3v) is 11.6. The molecular weight excluding hydrogens is 896 g/mol. The summed E-state index contributed by atoms with van der Waals surface area (Å²) in [7, 11) is -0.0452. The Labute approximate surface area is 342 Å². The molecule has 0 saturated heterocycles. The molecule has 300 valence electrons. The van der Waals surface area contributed by atoms with Gasteiger partial charge in [0.1, 0.15) is 0 Å².